The lowest BCUT2D eigenvalue weighted by molar-refractivity contribution is 0.620. The fraction of sp³-hybridized carbons (Fsp3) is 0.0600. The van der Waals surface area contributed by atoms with Gasteiger partial charge in [0.1, 0.15) is 11.1 Å². The molecular weight excluding hydrogens is 661 g/mol. The molecule has 4 nitrogen and oxygen atoms in total. The highest BCUT2D eigenvalue weighted by Crippen LogP contribution is 2.52. The van der Waals surface area contributed by atoms with Crippen molar-refractivity contribution in [3.63, 3.8) is 0 Å². The molecular formula is C50H34N2O2. The largest absolute Gasteiger partial charge is 0.454 e. The van der Waals surface area contributed by atoms with Crippen LogP contribution in [0.3, 0.4) is 0 Å². The lowest BCUT2D eigenvalue weighted by Gasteiger charge is -2.29. The lowest BCUT2D eigenvalue weighted by Crippen LogP contribution is -2.17. The van der Waals surface area contributed by atoms with Crippen LogP contribution in [0, 0.1) is 0 Å². The number of anilines is 3. The third kappa shape index (κ3) is 4.60. The maximum atomic E-state index is 6.89. The summed E-state index contributed by atoms with van der Waals surface area (Å²) in [6.07, 6.45) is 0. The summed E-state index contributed by atoms with van der Waals surface area (Å²) in [4.78, 5) is 7.23. The van der Waals surface area contributed by atoms with E-state index in [4.69, 9.17) is 13.8 Å². The lowest BCUT2D eigenvalue weighted by atomic mass is 9.82. The summed E-state index contributed by atoms with van der Waals surface area (Å²) in [7, 11) is 0. The third-order valence-electron chi connectivity index (χ3n) is 11.3. The van der Waals surface area contributed by atoms with E-state index in [-0.39, 0.29) is 5.41 Å². The zero-order valence-electron chi connectivity index (χ0n) is 29.9. The maximum Gasteiger partial charge on any atom is 0.227 e. The topological polar surface area (TPSA) is 42.4 Å². The second kappa shape index (κ2) is 11.5. The van der Waals surface area contributed by atoms with Crippen LogP contribution in [-0.4, -0.2) is 4.98 Å². The fourth-order valence-electron chi connectivity index (χ4n) is 8.59. The van der Waals surface area contributed by atoms with Gasteiger partial charge in [0, 0.05) is 39.1 Å². The highest BCUT2D eigenvalue weighted by Gasteiger charge is 2.36. The molecule has 11 rings (SSSR count). The van der Waals surface area contributed by atoms with Crippen LogP contribution in [0.4, 0.5) is 17.1 Å². The average molecular weight is 695 g/mol. The molecule has 0 N–H and O–H groups in total. The summed E-state index contributed by atoms with van der Waals surface area (Å²) in [6.45, 7) is 4.67. The smallest absolute Gasteiger partial charge is 0.227 e. The standard InChI is InChI=1S/C50H34N2O2/c1-50(2)41-20-10-8-18-37(41)38-26-25-35(28-42(38)50)52(44-21-11-9-17-36(44)34-24-23-31-13-6-7-16-33(31)27-34)45-22-12-19-39-40-29-47-43(30-46(40)53-48(39)45)51-49(54-47)32-14-4-3-5-15-32/h3-30H,1-2H3. The first-order chi connectivity index (χ1) is 26.5. The molecule has 1 aliphatic carbocycles. The number of hydrogen-bond acceptors (Lipinski definition) is 4. The molecule has 0 atom stereocenters. The second-order valence-corrected chi connectivity index (χ2v) is 14.8. The average Bonchev–Trinajstić information content (AvgIpc) is 3.87. The number of nitrogens with zero attached hydrogens (tertiary/aromatic N) is 2. The van der Waals surface area contributed by atoms with Crippen LogP contribution >= 0.6 is 0 Å². The molecule has 54 heavy (non-hydrogen) atoms. The Hall–Kier alpha value is -6.91. The molecule has 2 aromatic heterocycles. The Morgan fingerprint density at radius 1 is 0.481 bits per heavy atom. The zero-order valence-corrected chi connectivity index (χ0v) is 29.9. The number of aromatic nitrogens is 1. The van der Waals surface area contributed by atoms with Gasteiger partial charge in [-0.15, -0.1) is 0 Å². The normalized spacial score (nSPS) is 13.1. The molecule has 4 heteroatoms. The van der Waals surface area contributed by atoms with Crippen LogP contribution in [-0.2, 0) is 5.41 Å². The first-order valence-corrected chi connectivity index (χ1v) is 18.5. The minimum Gasteiger partial charge on any atom is -0.454 e. The Morgan fingerprint density at radius 3 is 2.11 bits per heavy atom. The molecule has 0 aliphatic heterocycles. The van der Waals surface area contributed by atoms with Crippen LogP contribution in [0.1, 0.15) is 25.0 Å². The van der Waals surface area contributed by atoms with Gasteiger partial charge in [-0.1, -0.05) is 129 Å². The van der Waals surface area contributed by atoms with E-state index in [2.05, 4.69) is 152 Å². The van der Waals surface area contributed by atoms with Gasteiger partial charge in [0.2, 0.25) is 5.89 Å². The van der Waals surface area contributed by atoms with Gasteiger partial charge in [-0.25, -0.2) is 4.98 Å². The fourth-order valence-corrected chi connectivity index (χ4v) is 8.59. The van der Waals surface area contributed by atoms with E-state index in [1.807, 2.05) is 36.4 Å². The summed E-state index contributed by atoms with van der Waals surface area (Å²) in [5, 5.41) is 4.44. The Labute approximate surface area is 312 Å². The molecule has 1 aliphatic rings. The van der Waals surface area contributed by atoms with Crippen molar-refractivity contribution >= 4 is 60.9 Å². The van der Waals surface area contributed by atoms with E-state index in [0.717, 1.165) is 66.8 Å². The molecule has 0 saturated carbocycles. The molecule has 2 heterocycles. The quantitative estimate of drug-likeness (QED) is 0.180. The van der Waals surface area contributed by atoms with Crippen LogP contribution < -0.4 is 4.90 Å². The number of furan rings is 1. The summed E-state index contributed by atoms with van der Waals surface area (Å²) in [6, 6.07) is 60.3. The van der Waals surface area contributed by atoms with Crippen molar-refractivity contribution in [2.24, 2.45) is 0 Å². The Bertz CT molecular complexity index is 3100. The number of rotatable bonds is 5. The monoisotopic (exact) mass is 694 g/mol. The van der Waals surface area contributed by atoms with Crippen molar-refractivity contribution in [1.82, 2.24) is 4.98 Å². The van der Waals surface area contributed by atoms with Gasteiger partial charge in [0.25, 0.3) is 0 Å². The Morgan fingerprint density at radius 2 is 1.22 bits per heavy atom. The van der Waals surface area contributed by atoms with E-state index in [1.54, 1.807) is 0 Å². The van der Waals surface area contributed by atoms with E-state index >= 15 is 0 Å². The zero-order chi connectivity index (χ0) is 36.0. The van der Waals surface area contributed by atoms with Gasteiger partial charge in [-0.3, -0.25) is 0 Å². The predicted octanol–water partition coefficient (Wildman–Crippen LogP) is 14.0. The van der Waals surface area contributed by atoms with Crippen molar-refractivity contribution in [3.8, 4) is 33.7 Å². The number of oxazole rings is 1. The summed E-state index contributed by atoms with van der Waals surface area (Å²) in [5.74, 6) is 0.599. The Balaban J connectivity index is 1.14. The summed E-state index contributed by atoms with van der Waals surface area (Å²) in [5.41, 5.74) is 14.5. The maximum absolute atomic E-state index is 6.89. The van der Waals surface area contributed by atoms with E-state index in [1.165, 1.54) is 33.0 Å². The first kappa shape index (κ1) is 30.7. The minimum absolute atomic E-state index is 0.156. The van der Waals surface area contributed by atoms with Gasteiger partial charge in [-0.2, -0.15) is 0 Å². The van der Waals surface area contributed by atoms with E-state index in [0.29, 0.717) is 5.89 Å². The second-order valence-electron chi connectivity index (χ2n) is 14.8. The van der Waals surface area contributed by atoms with Crippen molar-refractivity contribution in [3.05, 3.63) is 181 Å². The molecule has 256 valence electrons. The van der Waals surface area contributed by atoms with Crippen molar-refractivity contribution < 1.29 is 8.83 Å². The minimum atomic E-state index is -0.156. The van der Waals surface area contributed by atoms with Gasteiger partial charge in [0.05, 0.1) is 11.4 Å². The highest BCUT2D eigenvalue weighted by molar-refractivity contribution is 6.13. The van der Waals surface area contributed by atoms with Gasteiger partial charge in [0.15, 0.2) is 11.2 Å². The predicted molar refractivity (Wildman–Crippen MR) is 222 cm³/mol. The molecule has 0 amide bonds. The van der Waals surface area contributed by atoms with Crippen molar-refractivity contribution in [1.29, 1.82) is 0 Å². The van der Waals surface area contributed by atoms with E-state index in [9.17, 15) is 0 Å². The molecule has 8 aromatic carbocycles. The van der Waals surface area contributed by atoms with Crippen molar-refractivity contribution in [2.75, 3.05) is 4.90 Å². The number of para-hydroxylation sites is 2. The van der Waals surface area contributed by atoms with Crippen LogP contribution in [0.25, 0.3) is 77.5 Å². The molecule has 0 fully saturated rings. The Kier molecular flexibility index (Phi) is 6.56. The number of benzene rings is 8. The van der Waals surface area contributed by atoms with Crippen LogP contribution in [0.15, 0.2) is 179 Å². The SMILES string of the molecule is CC1(C)c2ccccc2-c2ccc(N(c3ccccc3-c3ccc4ccccc4c3)c3cccc4c3oc3cc5nc(-c6ccccc6)oc5cc34)cc21. The first-order valence-electron chi connectivity index (χ1n) is 18.5. The van der Waals surface area contributed by atoms with Gasteiger partial charge >= 0.3 is 0 Å². The summed E-state index contributed by atoms with van der Waals surface area (Å²) >= 11 is 0. The molecule has 0 bridgehead atoms. The highest BCUT2D eigenvalue weighted by atomic mass is 16.4. The third-order valence-corrected chi connectivity index (χ3v) is 11.3. The molecule has 0 unspecified atom stereocenters. The summed E-state index contributed by atoms with van der Waals surface area (Å²) < 4.78 is 13.2. The van der Waals surface area contributed by atoms with Crippen LogP contribution in [0.2, 0.25) is 0 Å². The molecule has 0 spiro atoms. The molecule has 10 aromatic rings. The van der Waals surface area contributed by atoms with Gasteiger partial charge in [-0.05, 0) is 87.1 Å². The van der Waals surface area contributed by atoms with Crippen molar-refractivity contribution in [2.45, 2.75) is 19.3 Å². The number of hydrogen-bond donors (Lipinski definition) is 0. The molecule has 0 radical (unpaired) electrons. The van der Waals surface area contributed by atoms with Crippen LogP contribution in [0.5, 0.6) is 0 Å². The molecule has 0 saturated heterocycles. The van der Waals surface area contributed by atoms with Gasteiger partial charge < -0.3 is 13.7 Å². The van der Waals surface area contributed by atoms with E-state index < -0.39 is 0 Å². The number of fused-ring (bicyclic) bond motifs is 8.